The van der Waals surface area contributed by atoms with Crippen LogP contribution < -0.4 is 0 Å². The molecule has 1 aliphatic rings. The Bertz CT molecular complexity index is 506. The van der Waals surface area contributed by atoms with E-state index in [-0.39, 0.29) is 0 Å². The Morgan fingerprint density at radius 1 is 1.07 bits per heavy atom. The first-order chi connectivity index (χ1) is 6.74. The molecule has 0 atom stereocenters. The Balaban J connectivity index is 2.25. The molecule has 1 heteroatoms. The van der Waals surface area contributed by atoms with Crippen LogP contribution in [0.2, 0.25) is 0 Å². The number of benzene rings is 1. The normalized spacial score (nSPS) is 12.7. The number of thiophene rings is 1. The number of fused-ring (bicyclic) bond motifs is 3. The van der Waals surface area contributed by atoms with Crippen molar-refractivity contribution in [3.63, 3.8) is 0 Å². The molecular weight excluding hydrogens is 188 g/mol. The van der Waals surface area contributed by atoms with Gasteiger partial charge in [-0.1, -0.05) is 23.8 Å². The molecule has 0 fully saturated rings. The van der Waals surface area contributed by atoms with Crippen molar-refractivity contribution in [1.82, 2.24) is 0 Å². The molecule has 0 aliphatic heterocycles. The maximum Gasteiger partial charge on any atom is 0.0383 e. The van der Waals surface area contributed by atoms with Gasteiger partial charge in [-0.2, -0.15) is 0 Å². The molecule has 0 unspecified atom stereocenters. The summed E-state index contributed by atoms with van der Waals surface area (Å²) in [6.07, 6.45) is 1.14. The van der Waals surface area contributed by atoms with Gasteiger partial charge in [0.05, 0.1) is 0 Å². The van der Waals surface area contributed by atoms with Crippen molar-refractivity contribution in [2.24, 2.45) is 0 Å². The first kappa shape index (κ1) is 8.25. The second kappa shape index (κ2) is 2.71. The molecule has 0 saturated carbocycles. The van der Waals surface area contributed by atoms with Gasteiger partial charge in [-0.15, -0.1) is 11.3 Å². The third kappa shape index (κ3) is 1.05. The molecule has 1 aliphatic carbocycles. The van der Waals surface area contributed by atoms with Crippen molar-refractivity contribution in [2.45, 2.75) is 20.3 Å². The Morgan fingerprint density at radius 3 is 2.79 bits per heavy atom. The summed E-state index contributed by atoms with van der Waals surface area (Å²) in [6.45, 7) is 4.36. The SMILES string of the molecule is Cc1ccc2c(c1)Cc1cc(C)sc1-2. The van der Waals surface area contributed by atoms with Crippen LogP contribution in [0.1, 0.15) is 21.6 Å². The third-order valence-electron chi connectivity index (χ3n) is 2.82. The minimum atomic E-state index is 1.14. The predicted molar refractivity (Wildman–Crippen MR) is 62.0 cm³/mol. The standard InChI is InChI=1S/C13H12S/c1-8-3-4-12-10(5-8)7-11-6-9(2)14-13(11)12/h3-6H,7H2,1-2H3. The first-order valence-corrected chi connectivity index (χ1v) is 5.75. The lowest BCUT2D eigenvalue weighted by atomic mass is 10.1. The second-order valence-electron chi connectivity index (χ2n) is 4.05. The van der Waals surface area contributed by atoms with Gasteiger partial charge in [0.2, 0.25) is 0 Å². The zero-order chi connectivity index (χ0) is 9.71. The van der Waals surface area contributed by atoms with E-state index in [0.29, 0.717) is 0 Å². The van der Waals surface area contributed by atoms with Crippen molar-refractivity contribution in [3.05, 3.63) is 45.8 Å². The van der Waals surface area contributed by atoms with Crippen molar-refractivity contribution < 1.29 is 0 Å². The first-order valence-electron chi connectivity index (χ1n) is 4.93. The third-order valence-corrected chi connectivity index (χ3v) is 3.94. The van der Waals surface area contributed by atoms with Gasteiger partial charge in [0.15, 0.2) is 0 Å². The molecule has 0 saturated heterocycles. The monoisotopic (exact) mass is 200 g/mol. The summed E-state index contributed by atoms with van der Waals surface area (Å²) >= 11 is 1.93. The highest BCUT2D eigenvalue weighted by Crippen LogP contribution is 2.42. The summed E-state index contributed by atoms with van der Waals surface area (Å²) in [5.41, 5.74) is 5.86. The van der Waals surface area contributed by atoms with Crippen LogP contribution >= 0.6 is 11.3 Å². The Hall–Kier alpha value is -1.08. The number of hydrogen-bond donors (Lipinski definition) is 0. The van der Waals surface area contributed by atoms with Crippen LogP contribution in [0.25, 0.3) is 10.4 Å². The minimum Gasteiger partial charge on any atom is -0.140 e. The summed E-state index contributed by atoms with van der Waals surface area (Å²) < 4.78 is 0. The molecule has 0 nitrogen and oxygen atoms in total. The van der Waals surface area contributed by atoms with Crippen molar-refractivity contribution in [2.75, 3.05) is 0 Å². The van der Waals surface area contributed by atoms with Crippen LogP contribution in [-0.4, -0.2) is 0 Å². The van der Waals surface area contributed by atoms with E-state index in [2.05, 4.69) is 38.1 Å². The van der Waals surface area contributed by atoms with Crippen molar-refractivity contribution in [1.29, 1.82) is 0 Å². The highest BCUT2D eigenvalue weighted by molar-refractivity contribution is 7.15. The summed E-state index contributed by atoms with van der Waals surface area (Å²) in [4.78, 5) is 2.93. The van der Waals surface area contributed by atoms with E-state index in [4.69, 9.17) is 0 Å². The average Bonchev–Trinajstić information content (AvgIpc) is 2.59. The molecule has 0 spiro atoms. The van der Waals surface area contributed by atoms with Crippen molar-refractivity contribution in [3.8, 4) is 10.4 Å². The van der Waals surface area contributed by atoms with Gasteiger partial charge in [-0.3, -0.25) is 0 Å². The van der Waals surface area contributed by atoms with E-state index in [0.717, 1.165) is 6.42 Å². The molecule has 0 radical (unpaired) electrons. The highest BCUT2D eigenvalue weighted by atomic mass is 32.1. The maximum atomic E-state index is 2.33. The van der Waals surface area contributed by atoms with E-state index in [1.165, 1.54) is 32.0 Å². The molecule has 1 heterocycles. The van der Waals surface area contributed by atoms with Gasteiger partial charge in [0.25, 0.3) is 0 Å². The Labute approximate surface area is 88.2 Å². The van der Waals surface area contributed by atoms with Crippen LogP contribution in [0.3, 0.4) is 0 Å². The van der Waals surface area contributed by atoms with E-state index in [1.54, 1.807) is 0 Å². The second-order valence-corrected chi connectivity index (χ2v) is 5.31. The van der Waals surface area contributed by atoms with Crippen LogP contribution in [0.4, 0.5) is 0 Å². The summed E-state index contributed by atoms with van der Waals surface area (Å²) in [6, 6.07) is 9.13. The minimum absolute atomic E-state index is 1.14. The van der Waals surface area contributed by atoms with Gasteiger partial charge in [-0.25, -0.2) is 0 Å². The molecule has 70 valence electrons. The molecule has 2 aromatic rings. The molecule has 1 aromatic carbocycles. The highest BCUT2D eigenvalue weighted by Gasteiger charge is 2.20. The fourth-order valence-corrected chi connectivity index (χ4v) is 3.32. The Kier molecular flexibility index (Phi) is 1.59. The lowest BCUT2D eigenvalue weighted by molar-refractivity contribution is 1.25. The molecule has 14 heavy (non-hydrogen) atoms. The number of hydrogen-bond acceptors (Lipinski definition) is 1. The van der Waals surface area contributed by atoms with Gasteiger partial charge in [0, 0.05) is 9.75 Å². The fourth-order valence-electron chi connectivity index (χ4n) is 2.22. The lowest BCUT2D eigenvalue weighted by Gasteiger charge is -2.00. The largest absolute Gasteiger partial charge is 0.140 e. The van der Waals surface area contributed by atoms with E-state index >= 15 is 0 Å². The molecule has 0 amide bonds. The topological polar surface area (TPSA) is 0 Å². The molecule has 0 bridgehead atoms. The lowest BCUT2D eigenvalue weighted by Crippen LogP contribution is -1.81. The van der Waals surface area contributed by atoms with Gasteiger partial charge >= 0.3 is 0 Å². The summed E-state index contributed by atoms with van der Waals surface area (Å²) in [7, 11) is 0. The van der Waals surface area contributed by atoms with E-state index in [1.807, 2.05) is 11.3 Å². The zero-order valence-electron chi connectivity index (χ0n) is 8.42. The van der Waals surface area contributed by atoms with Gasteiger partial charge < -0.3 is 0 Å². The fraction of sp³-hybridized carbons (Fsp3) is 0.231. The number of rotatable bonds is 0. The van der Waals surface area contributed by atoms with Gasteiger partial charge in [0.1, 0.15) is 0 Å². The molecular formula is C13H12S. The summed E-state index contributed by atoms with van der Waals surface area (Å²) in [5, 5.41) is 0. The number of aryl methyl sites for hydroxylation is 2. The molecule has 1 aromatic heterocycles. The van der Waals surface area contributed by atoms with Crippen LogP contribution in [0, 0.1) is 13.8 Å². The van der Waals surface area contributed by atoms with Gasteiger partial charge in [-0.05, 0) is 43.0 Å². The predicted octanol–water partition coefficient (Wildman–Crippen LogP) is 3.94. The Morgan fingerprint density at radius 2 is 1.93 bits per heavy atom. The van der Waals surface area contributed by atoms with Crippen LogP contribution in [0.15, 0.2) is 24.3 Å². The van der Waals surface area contributed by atoms with E-state index in [9.17, 15) is 0 Å². The quantitative estimate of drug-likeness (QED) is 0.515. The zero-order valence-corrected chi connectivity index (χ0v) is 9.24. The summed E-state index contributed by atoms with van der Waals surface area (Å²) in [5.74, 6) is 0. The smallest absolute Gasteiger partial charge is 0.0383 e. The average molecular weight is 200 g/mol. The maximum absolute atomic E-state index is 2.33. The van der Waals surface area contributed by atoms with Crippen LogP contribution in [-0.2, 0) is 6.42 Å². The van der Waals surface area contributed by atoms with E-state index < -0.39 is 0 Å². The molecule has 3 rings (SSSR count). The van der Waals surface area contributed by atoms with Crippen molar-refractivity contribution >= 4 is 11.3 Å². The van der Waals surface area contributed by atoms with Crippen LogP contribution in [0.5, 0.6) is 0 Å². The molecule has 0 N–H and O–H groups in total.